The van der Waals surface area contributed by atoms with Crippen molar-refractivity contribution in [1.82, 2.24) is 0 Å². The van der Waals surface area contributed by atoms with Crippen LogP contribution in [0, 0.1) is 0 Å². The van der Waals surface area contributed by atoms with Crippen molar-refractivity contribution >= 4 is 18.0 Å². The van der Waals surface area contributed by atoms with E-state index in [9.17, 15) is 4.79 Å². The van der Waals surface area contributed by atoms with Crippen LogP contribution in [0.5, 0.6) is 0 Å². The van der Waals surface area contributed by atoms with Crippen LogP contribution in [0.2, 0.25) is 0 Å². The first kappa shape index (κ1) is 9.70. The quantitative estimate of drug-likeness (QED) is 0.213. The molecule has 0 radical (unpaired) electrons. The molecule has 0 heterocycles. The van der Waals surface area contributed by atoms with Crippen molar-refractivity contribution in [2.24, 2.45) is 0 Å². The minimum atomic E-state index is -0.412. The fraction of sp³-hybridized carbons (Fsp3) is 0.750. The molecule has 0 fully saturated rings. The average molecular weight is 168 g/mol. The molecule has 60 valence electrons. The van der Waals surface area contributed by atoms with E-state index in [-0.39, 0.29) is 5.75 Å². The summed E-state index contributed by atoms with van der Waals surface area (Å²) in [6.45, 7) is 2.03. The molecule has 0 rings (SSSR count). The Morgan fingerprint density at radius 3 is 2.90 bits per heavy atom. The van der Waals surface area contributed by atoms with E-state index in [0.29, 0.717) is 18.6 Å². The third-order valence-corrected chi connectivity index (χ3v) is 1.07. The van der Waals surface area contributed by atoms with E-state index >= 15 is 0 Å². The second-order valence-electron chi connectivity index (χ2n) is 1.21. The van der Waals surface area contributed by atoms with Crippen molar-refractivity contribution in [1.29, 1.82) is 0 Å². The Morgan fingerprint density at radius 1 is 1.70 bits per heavy atom. The molecule has 0 amide bonds. The molecule has 0 aliphatic heterocycles. The van der Waals surface area contributed by atoms with Crippen LogP contribution in [0.1, 0.15) is 6.92 Å². The lowest BCUT2D eigenvalue weighted by molar-refractivity contribution is -0.432. The molecule has 0 aliphatic rings. The van der Waals surface area contributed by atoms with Gasteiger partial charge in [0.25, 0.3) is 0 Å². The summed E-state index contributed by atoms with van der Waals surface area (Å²) < 4.78 is 8.43. The second-order valence-corrected chi connectivity index (χ2v) is 1.87. The molecule has 0 saturated heterocycles. The van der Waals surface area contributed by atoms with E-state index in [1.54, 1.807) is 6.92 Å². The highest BCUT2D eigenvalue weighted by Gasteiger charge is 2.01. The normalized spacial score (nSPS) is 9.40. The Labute approximate surface area is 62.3 Å². The van der Waals surface area contributed by atoms with Gasteiger partial charge in [-0.2, -0.15) is 0 Å². The van der Waals surface area contributed by atoms with Crippen LogP contribution >= 0.6 is 12.0 Å². The number of rotatable bonds is 5. The van der Waals surface area contributed by atoms with Gasteiger partial charge in [0.1, 0.15) is 5.75 Å². The van der Waals surface area contributed by atoms with E-state index in [0.717, 1.165) is 0 Å². The first-order valence-corrected chi connectivity index (χ1v) is 3.47. The van der Waals surface area contributed by atoms with Crippen molar-refractivity contribution in [3.63, 3.8) is 0 Å². The molecule has 0 spiro atoms. The Bertz CT molecular complexity index is 95.6. The van der Waals surface area contributed by atoms with Gasteiger partial charge in [-0.15, -0.1) is 4.33 Å². The number of carbonyl (C=O) groups excluding carboxylic acids is 1. The largest absolute Gasteiger partial charge is 0.465 e. The van der Waals surface area contributed by atoms with Gasteiger partial charge < -0.3 is 4.74 Å². The number of carbonyl (C=O) groups is 1. The van der Waals surface area contributed by atoms with Crippen LogP contribution in [-0.2, 0) is 18.9 Å². The molecule has 0 aliphatic carbocycles. The van der Waals surface area contributed by atoms with Crippen LogP contribution in [-0.4, -0.2) is 23.6 Å². The maximum absolute atomic E-state index is 10.5. The highest BCUT2D eigenvalue weighted by atomic mass is 32.2. The Kier molecular flexibility index (Phi) is 6.61. The molecule has 0 unspecified atom stereocenters. The van der Waals surface area contributed by atoms with E-state index in [2.05, 4.69) is 14.1 Å². The Balaban J connectivity index is 3.05. The molecule has 6 heteroatoms. The molecular formula is C4H8O5S. The van der Waals surface area contributed by atoms with Crippen LogP contribution in [0.25, 0.3) is 0 Å². The molecule has 0 aromatic carbocycles. The van der Waals surface area contributed by atoms with Gasteiger partial charge in [-0.3, -0.25) is 4.79 Å². The number of esters is 1. The van der Waals surface area contributed by atoms with Crippen molar-refractivity contribution in [3.8, 4) is 0 Å². The zero-order chi connectivity index (χ0) is 7.82. The lowest BCUT2D eigenvalue weighted by Gasteiger charge is -1.97. The number of hydrogen-bond acceptors (Lipinski definition) is 6. The van der Waals surface area contributed by atoms with Crippen molar-refractivity contribution < 1.29 is 24.2 Å². The third-order valence-electron chi connectivity index (χ3n) is 0.561. The molecule has 0 aromatic rings. The van der Waals surface area contributed by atoms with Gasteiger partial charge in [0.15, 0.2) is 0 Å². The molecular weight excluding hydrogens is 160 g/mol. The average Bonchev–Trinajstić information content (AvgIpc) is 1.89. The number of ether oxygens (including phenoxy) is 1. The molecule has 1 N–H and O–H groups in total. The van der Waals surface area contributed by atoms with Gasteiger partial charge in [-0.05, 0) is 6.92 Å². The third kappa shape index (κ3) is 5.83. The summed E-state index contributed by atoms with van der Waals surface area (Å²) in [4.78, 5) is 10.5. The van der Waals surface area contributed by atoms with E-state index in [1.165, 1.54) is 0 Å². The van der Waals surface area contributed by atoms with E-state index in [4.69, 9.17) is 5.26 Å². The predicted molar refractivity (Wildman–Crippen MR) is 33.9 cm³/mol. The summed E-state index contributed by atoms with van der Waals surface area (Å²) in [6, 6.07) is 0. The first-order chi connectivity index (χ1) is 4.81. The highest BCUT2D eigenvalue weighted by Crippen LogP contribution is 2.01. The summed E-state index contributed by atoms with van der Waals surface area (Å²) in [5.41, 5.74) is 0. The molecule has 0 atom stereocenters. The zero-order valence-corrected chi connectivity index (χ0v) is 6.22. The molecule has 0 aromatic heterocycles. The van der Waals surface area contributed by atoms with Crippen molar-refractivity contribution in [2.45, 2.75) is 6.92 Å². The lowest BCUT2D eigenvalue weighted by Crippen LogP contribution is -2.06. The fourth-order valence-electron chi connectivity index (χ4n) is 0.296. The minimum absolute atomic E-state index is 0.00556. The standard InChI is InChI=1S/C4H8O5S/c1-2-7-4(5)3-10-9-8-6/h6H,2-3H2,1H3. The summed E-state index contributed by atoms with van der Waals surface area (Å²) in [7, 11) is 0. The monoisotopic (exact) mass is 168 g/mol. The summed E-state index contributed by atoms with van der Waals surface area (Å²) in [5, 5.41) is 10.8. The molecule has 0 saturated carbocycles. The van der Waals surface area contributed by atoms with Gasteiger partial charge in [0, 0.05) is 12.0 Å². The summed E-state index contributed by atoms with van der Waals surface area (Å²) in [5.74, 6) is -0.418. The lowest BCUT2D eigenvalue weighted by atomic mass is 10.8. The summed E-state index contributed by atoms with van der Waals surface area (Å²) in [6.07, 6.45) is 0. The van der Waals surface area contributed by atoms with Crippen molar-refractivity contribution in [3.05, 3.63) is 0 Å². The zero-order valence-electron chi connectivity index (χ0n) is 5.40. The predicted octanol–water partition coefficient (Wildman–Crippen LogP) is 0.619. The van der Waals surface area contributed by atoms with E-state index in [1.807, 2.05) is 0 Å². The smallest absolute Gasteiger partial charge is 0.318 e. The fourth-order valence-corrected chi connectivity index (χ4v) is 0.567. The van der Waals surface area contributed by atoms with Crippen LogP contribution in [0.3, 0.4) is 0 Å². The van der Waals surface area contributed by atoms with E-state index < -0.39 is 5.97 Å². The summed E-state index contributed by atoms with van der Waals surface area (Å²) >= 11 is 0.655. The van der Waals surface area contributed by atoms with Gasteiger partial charge in [0.05, 0.1) is 6.61 Å². The van der Waals surface area contributed by atoms with Gasteiger partial charge in [-0.1, -0.05) is 5.04 Å². The molecule has 0 bridgehead atoms. The maximum atomic E-state index is 10.5. The molecule has 10 heavy (non-hydrogen) atoms. The van der Waals surface area contributed by atoms with Gasteiger partial charge in [-0.25, -0.2) is 5.26 Å². The second kappa shape index (κ2) is 6.81. The van der Waals surface area contributed by atoms with Crippen LogP contribution in [0.4, 0.5) is 0 Å². The Hall–Kier alpha value is -0.300. The Morgan fingerprint density at radius 2 is 2.40 bits per heavy atom. The topological polar surface area (TPSA) is 65.0 Å². The highest BCUT2D eigenvalue weighted by molar-refractivity contribution is 7.95. The minimum Gasteiger partial charge on any atom is -0.465 e. The van der Waals surface area contributed by atoms with Gasteiger partial charge in [0.2, 0.25) is 0 Å². The van der Waals surface area contributed by atoms with Crippen LogP contribution in [0.15, 0.2) is 0 Å². The number of hydrogen-bond donors (Lipinski definition) is 1. The maximum Gasteiger partial charge on any atom is 0.318 e. The molecule has 5 nitrogen and oxygen atoms in total. The first-order valence-electron chi connectivity index (χ1n) is 2.56. The van der Waals surface area contributed by atoms with Crippen molar-refractivity contribution in [2.75, 3.05) is 12.4 Å². The van der Waals surface area contributed by atoms with Crippen LogP contribution < -0.4 is 0 Å². The van der Waals surface area contributed by atoms with Gasteiger partial charge >= 0.3 is 5.97 Å². The SMILES string of the molecule is CCOC(=O)CSOOO.